The molecule has 0 aliphatic rings. The van der Waals surface area contributed by atoms with Gasteiger partial charge in [0.05, 0.1) is 0 Å². The summed E-state index contributed by atoms with van der Waals surface area (Å²) < 4.78 is 0. The van der Waals surface area contributed by atoms with E-state index in [2.05, 4.69) is 13.8 Å². The van der Waals surface area contributed by atoms with Crippen LogP contribution in [-0.2, 0) is 0 Å². The van der Waals surface area contributed by atoms with Crippen molar-refractivity contribution in [3.8, 4) is 0 Å². The number of rotatable bonds is 10. The van der Waals surface area contributed by atoms with Crippen molar-refractivity contribution in [2.45, 2.75) is 75.2 Å². The van der Waals surface area contributed by atoms with E-state index >= 15 is 0 Å². The third-order valence-corrected chi connectivity index (χ3v) is 5.01. The van der Waals surface area contributed by atoms with Crippen molar-refractivity contribution in [3.63, 3.8) is 0 Å². The summed E-state index contributed by atoms with van der Waals surface area (Å²) in [5, 5.41) is 21.0. The molecule has 2 atom stereocenters. The number of hydrogen-bond donors (Lipinski definition) is 2. The second kappa shape index (κ2) is 10.9. The molecular formula is C12H26O2Se. The van der Waals surface area contributed by atoms with E-state index in [-0.39, 0.29) is 12.2 Å². The van der Waals surface area contributed by atoms with Gasteiger partial charge in [-0.2, -0.15) is 0 Å². The zero-order chi connectivity index (χ0) is 11.5. The normalized spacial score (nSPS) is 15.2. The molecule has 0 rings (SSSR count). The van der Waals surface area contributed by atoms with Gasteiger partial charge in [0.15, 0.2) is 0 Å². The molecule has 0 amide bonds. The first kappa shape index (κ1) is 15.4. The molecule has 0 spiro atoms. The van der Waals surface area contributed by atoms with Crippen molar-refractivity contribution < 1.29 is 10.2 Å². The summed E-state index contributed by atoms with van der Waals surface area (Å²) in [6, 6.07) is 0. The SMILES string of the molecule is CCCCC(O)C[Se]CC(O)CCCC. The Labute approximate surface area is 101 Å². The number of aliphatic hydroxyl groups excluding tert-OH is 2. The molecule has 2 N–H and O–H groups in total. The topological polar surface area (TPSA) is 40.5 Å². The quantitative estimate of drug-likeness (QED) is 0.604. The van der Waals surface area contributed by atoms with Crippen LogP contribution in [0.15, 0.2) is 0 Å². The molecule has 92 valence electrons. The molecular weight excluding hydrogens is 255 g/mol. The van der Waals surface area contributed by atoms with Crippen molar-refractivity contribution in [2.24, 2.45) is 0 Å². The molecule has 0 saturated carbocycles. The number of hydrogen-bond acceptors (Lipinski definition) is 2. The molecule has 0 heterocycles. The zero-order valence-electron chi connectivity index (χ0n) is 10.1. The Balaban J connectivity index is 3.27. The first-order chi connectivity index (χ1) is 7.20. The van der Waals surface area contributed by atoms with Crippen LogP contribution in [0.25, 0.3) is 0 Å². The molecule has 2 unspecified atom stereocenters. The minimum atomic E-state index is -0.122. The van der Waals surface area contributed by atoms with Crippen LogP contribution in [0, 0.1) is 0 Å². The summed E-state index contributed by atoms with van der Waals surface area (Å²) >= 11 is 0.417. The fourth-order valence-electron chi connectivity index (χ4n) is 1.39. The van der Waals surface area contributed by atoms with Crippen molar-refractivity contribution >= 4 is 15.0 Å². The van der Waals surface area contributed by atoms with E-state index in [0.717, 1.165) is 49.2 Å². The van der Waals surface area contributed by atoms with Crippen LogP contribution in [0.3, 0.4) is 0 Å². The molecule has 3 heteroatoms. The second-order valence-corrected chi connectivity index (χ2v) is 6.38. The van der Waals surface area contributed by atoms with Gasteiger partial charge in [-0.1, -0.05) is 0 Å². The summed E-state index contributed by atoms with van der Waals surface area (Å²) in [7, 11) is 0. The maximum absolute atomic E-state index is 9.60. The third kappa shape index (κ3) is 10.7. The van der Waals surface area contributed by atoms with E-state index < -0.39 is 0 Å². The molecule has 0 aliphatic heterocycles. The molecule has 0 bridgehead atoms. The molecule has 0 radical (unpaired) electrons. The molecule has 0 aromatic carbocycles. The van der Waals surface area contributed by atoms with Gasteiger partial charge in [0, 0.05) is 0 Å². The maximum atomic E-state index is 9.60. The Hall–Kier alpha value is 0.439. The Kier molecular flexibility index (Phi) is 11.3. The number of unbranched alkanes of at least 4 members (excludes halogenated alkanes) is 2. The molecule has 0 saturated heterocycles. The van der Waals surface area contributed by atoms with Gasteiger partial charge < -0.3 is 0 Å². The molecule has 0 aliphatic carbocycles. The third-order valence-electron chi connectivity index (χ3n) is 2.40. The monoisotopic (exact) mass is 282 g/mol. The van der Waals surface area contributed by atoms with Crippen molar-refractivity contribution in [3.05, 3.63) is 0 Å². The standard InChI is InChI=1S/C12H26O2Se/c1-3-5-7-11(13)9-15-10-12(14)8-6-4-2/h11-14H,3-10H2,1-2H3. The minimum absolute atomic E-state index is 0.122. The summed E-state index contributed by atoms with van der Waals surface area (Å²) in [4.78, 5) is 0. The fourth-order valence-corrected chi connectivity index (χ4v) is 3.51. The average Bonchev–Trinajstić information content (AvgIpc) is 2.23. The molecule has 2 nitrogen and oxygen atoms in total. The fraction of sp³-hybridized carbons (Fsp3) is 1.00. The van der Waals surface area contributed by atoms with Crippen LogP contribution >= 0.6 is 0 Å². The zero-order valence-corrected chi connectivity index (χ0v) is 11.8. The van der Waals surface area contributed by atoms with Gasteiger partial charge in [0.1, 0.15) is 0 Å². The van der Waals surface area contributed by atoms with Crippen LogP contribution in [0.4, 0.5) is 0 Å². The van der Waals surface area contributed by atoms with Gasteiger partial charge in [0.25, 0.3) is 0 Å². The Bertz CT molecular complexity index is 117. The van der Waals surface area contributed by atoms with Gasteiger partial charge in [-0.3, -0.25) is 0 Å². The molecule has 0 fully saturated rings. The Morgan fingerprint density at radius 3 is 1.60 bits per heavy atom. The predicted octanol–water partition coefficient (Wildman–Crippen LogP) is 2.63. The van der Waals surface area contributed by atoms with Crippen molar-refractivity contribution in [2.75, 3.05) is 0 Å². The van der Waals surface area contributed by atoms with E-state index in [9.17, 15) is 10.2 Å². The first-order valence-electron chi connectivity index (χ1n) is 6.14. The van der Waals surface area contributed by atoms with E-state index in [1.807, 2.05) is 0 Å². The van der Waals surface area contributed by atoms with Crippen molar-refractivity contribution in [1.29, 1.82) is 0 Å². The van der Waals surface area contributed by atoms with Crippen LogP contribution in [0.5, 0.6) is 0 Å². The van der Waals surface area contributed by atoms with Crippen molar-refractivity contribution in [1.82, 2.24) is 0 Å². The van der Waals surface area contributed by atoms with Crippen LogP contribution in [0.1, 0.15) is 52.4 Å². The van der Waals surface area contributed by atoms with Crippen LogP contribution in [0.2, 0.25) is 10.6 Å². The van der Waals surface area contributed by atoms with E-state index in [1.54, 1.807) is 0 Å². The van der Waals surface area contributed by atoms with Gasteiger partial charge >= 0.3 is 100 Å². The van der Waals surface area contributed by atoms with Crippen LogP contribution in [-0.4, -0.2) is 37.4 Å². The van der Waals surface area contributed by atoms with E-state index in [4.69, 9.17) is 0 Å². The van der Waals surface area contributed by atoms with Gasteiger partial charge in [0.2, 0.25) is 0 Å². The van der Waals surface area contributed by atoms with Gasteiger partial charge in [-0.05, 0) is 0 Å². The number of aliphatic hydroxyl groups is 2. The average molecular weight is 281 g/mol. The summed E-state index contributed by atoms with van der Waals surface area (Å²) in [6.07, 6.45) is 6.18. The summed E-state index contributed by atoms with van der Waals surface area (Å²) in [5.74, 6) is 0. The summed E-state index contributed by atoms with van der Waals surface area (Å²) in [5.41, 5.74) is 0. The molecule has 15 heavy (non-hydrogen) atoms. The first-order valence-corrected chi connectivity index (χ1v) is 8.56. The Morgan fingerprint density at radius 1 is 0.867 bits per heavy atom. The van der Waals surface area contributed by atoms with E-state index in [1.165, 1.54) is 0 Å². The Morgan fingerprint density at radius 2 is 1.27 bits per heavy atom. The summed E-state index contributed by atoms with van der Waals surface area (Å²) in [6.45, 7) is 4.29. The second-order valence-electron chi connectivity index (χ2n) is 4.13. The van der Waals surface area contributed by atoms with Gasteiger partial charge in [-0.15, -0.1) is 0 Å². The predicted molar refractivity (Wildman–Crippen MR) is 66.4 cm³/mol. The van der Waals surface area contributed by atoms with Crippen LogP contribution < -0.4 is 0 Å². The van der Waals surface area contributed by atoms with Gasteiger partial charge in [-0.25, -0.2) is 0 Å². The van der Waals surface area contributed by atoms with E-state index in [0.29, 0.717) is 15.0 Å². The molecule has 0 aromatic heterocycles. The molecule has 0 aromatic rings.